The van der Waals surface area contributed by atoms with E-state index in [1.54, 1.807) is 0 Å². The number of aliphatic hydroxyl groups is 1. The third-order valence-corrected chi connectivity index (χ3v) is 2.27. The van der Waals surface area contributed by atoms with Gasteiger partial charge in [-0.25, -0.2) is 0 Å². The first-order chi connectivity index (χ1) is 7.17. The molecule has 1 aromatic rings. The van der Waals surface area contributed by atoms with Crippen LogP contribution in [0.1, 0.15) is 18.1 Å². The largest absolute Gasteiger partial charge is 0.493 e. The van der Waals surface area contributed by atoms with Crippen molar-refractivity contribution in [3.8, 4) is 5.75 Å². The minimum absolute atomic E-state index is 0.143. The standard InChI is InChI=1S/C12H19NO2/c1-9-3-4-12(11(5-9)6-13)15-8-10(2)7-14/h3-5,10,14H,6-8,13H2,1-2H3. The van der Waals surface area contributed by atoms with E-state index >= 15 is 0 Å². The molecule has 0 aliphatic rings. The highest BCUT2D eigenvalue weighted by Gasteiger charge is 2.05. The van der Waals surface area contributed by atoms with Crippen molar-refractivity contribution in [3.63, 3.8) is 0 Å². The second-order valence-corrected chi connectivity index (χ2v) is 3.91. The van der Waals surface area contributed by atoms with Crippen LogP contribution in [0.3, 0.4) is 0 Å². The zero-order valence-electron chi connectivity index (χ0n) is 9.36. The number of hydrogen-bond acceptors (Lipinski definition) is 3. The van der Waals surface area contributed by atoms with Gasteiger partial charge in [0, 0.05) is 24.6 Å². The van der Waals surface area contributed by atoms with Crippen LogP contribution in [0.15, 0.2) is 18.2 Å². The monoisotopic (exact) mass is 209 g/mol. The van der Waals surface area contributed by atoms with Crippen molar-refractivity contribution in [3.05, 3.63) is 29.3 Å². The van der Waals surface area contributed by atoms with E-state index < -0.39 is 0 Å². The number of hydrogen-bond donors (Lipinski definition) is 2. The number of ether oxygens (including phenoxy) is 1. The summed E-state index contributed by atoms with van der Waals surface area (Å²) in [5.41, 5.74) is 7.82. The number of rotatable bonds is 5. The lowest BCUT2D eigenvalue weighted by Gasteiger charge is -2.13. The number of aryl methyl sites for hydroxylation is 1. The summed E-state index contributed by atoms with van der Waals surface area (Å²) in [7, 11) is 0. The van der Waals surface area contributed by atoms with Crippen LogP contribution in [0.4, 0.5) is 0 Å². The van der Waals surface area contributed by atoms with Gasteiger partial charge in [0.15, 0.2) is 0 Å². The van der Waals surface area contributed by atoms with Gasteiger partial charge in [-0.3, -0.25) is 0 Å². The molecule has 15 heavy (non-hydrogen) atoms. The van der Waals surface area contributed by atoms with Gasteiger partial charge >= 0.3 is 0 Å². The van der Waals surface area contributed by atoms with Crippen LogP contribution < -0.4 is 10.5 Å². The maximum Gasteiger partial charge on any atom is 0.123 e. The van der Waals surface area contributed by atoms with Crippen LogP contribution in [0.25, 0.3) is 0 Å². The summed E-state index contributed by atoms with van der Waals surface area (Å²) >= 11 is 0. The van der Waals surface area contributed by atoms with Gasteiger partial charge in [0.1, 0.15) is 5.75 Å². The predicted octanol–water partition coefficient (Wildman–Crippen LogP) is 1.46. The Labute approximate surface area is 90.9 Å². The smallest absolute Gasteiger partial charge is 0.123 e. The summed E-state index contributed by atoms with van der Waals surface area (Å²) in [6.45, 7) is 5.11. The van der Waals surface area contributed by atoms with Gasteiger partial charge in [0.2, 0.25) is 0 Å². The molecule has 0 spiro atoms. The molecule has 3 nitrogen and oxygen atoms in total. The Morgan fingerprint density at radius 3 is 2.80 bits per heavy atom. The molecule has 1 aromatic carbocycles. The van der Waals surface area contributed by atoms with Crippen molar-refractivity contribution in [1.29, 1.82) is 0 Å². The van der Waals surface area contributed by atoms with Gasteiger partial charge in [-0.05, 0) is 13.0 Å². The van der Waals surface area contributed by atoms with Gasteiger partial charge in [0.05, 0.1) is 6.61 Å². The molecule has 1 rings (SSSR count). The quantitative estimate of drug-likeness (QED) is 0.772. The summed E-state index contributed by atoms with van der Waals surface area (Å²) in [5, 5.41) is 8.88. The highest BCUT2D eigenvalue weighted by atomic mass is 16.5. The average molecular weight is 209 g/mol. The molecule has 0 aliphatic carbocycles. The van der Waals surface area contributed by atoms with Gasteiger partial charge in [0.25, 0.3) is 0 Å². The summed E-state index contributed by atoms with van der Waals surface area (Å²) in [4.78, 5) is 0. The second kappa shape index (κ2) is 5.73. The molecule has 0 aromatic heterocycles. The first kappa shape index (κ1) is 12.0. The Morgan fingerprint density at radius 2 is 2.20 bits per heavy atom. The topological polar surface area (TPSA) is 55.5 Å². The fourth-order valence-electron chi connectivity index (χ4n) is 1.29. The van der Waals surface area contributed by atoms with E-state index in [9.17, 15) is 0 Å². The van der Waals surface area contributed by atoms with E-state index in [2.05, 4.69) is 0 Å². The fourth-order valence-corrected chi connectivity index (χ4v) is 1.29. The zero-order chi connectivity index (χ0) is 11.3. The number of nitrogens with two attached hydrogens (primary N) is 1. The lowest BCUT2D eigenvalue weighted by Crippen LogP contribution is -2.13. The molecule has 3 N–H and O–H groups in total. The van der Waals surface area contributed by atoms with Gasteiger partial charge < -0.3 is 15.6 Å². The number of aliphatic hydroxyl groups excluding tert-OH is 1. The van der Waals surface area contributed by atoms with E-state index in [4.69, 9.17) is 15.6 Å². The SMILES string of the molecule is Cc1ccc(OCC(C)CO)c(CN)c1. The Bertz CT molecular complexity index is 312. The lowest BCUT2D eigenvalue weighted by atomic mass is 10.1. The van der Waals surface area contributed by atoms with Crippen molar-refractivity contribution in [2.45, 2.75) is 20.4 Å². The van der Waals surface area contributed by atoms with Crippen LogP contribution in [0.5, 0.6) is 5.75 Å². The summed E-state index contributed by atoms with van der Waals surface area (Å²) in [5.74, 6) is 0.973. The van der Waals surface area contributed by atoms with E-state index in [-0.39, 0.29) is 12.5 Å². The third-order valence-electron chi connectivity index (χ3n) is 2.27. The Balaban J connectivity index is 2.67. The molecule has 1 unspecified atom stereocenters. The Kier molecular flexibility index (Phi) is 4.59. The van der Waals surface area contributed by atoms with Crippen molar-refractivity contribution in [1.82, 2.24) is 0 Å². The molecular weight excluding hydrogens is 190 g/mol. The van der Waals surface area contributed by atoms with Crippen LogP contribution >= 0.6 is 0 Å². The maximum atomic E-state index is 8.88. The van der Waals surface area contributed by atoms with Crippen molar-refractivity contribution < 1.29 is 9.84 Å². The predicted molar refractivity (Wildman–Crippen MR) is 60.8 cm³/mol. The minimum Gasteiger partial charge on any atom is -0.493 e. The van der Waals surface area contributed by atoms with Crippen molar-refractivity contribution in [2.24, 2.45) is 11.7 Å². The molecule has 0 bridgehead atoms. The second-order valence-electron chi connectivity index (χ2n) is 3.91. The van der Waals surface area contributed by atoms with Crippen LogP contribution in [-0.4, -0.2) is 18.3 Å². The fraction of sp³-hybridized carbons (Fsp3) is 0.500. The molecule has 3 heteroatoms. The molecule has 0 saturated heterocycles. The molecule has 0 heterocycles. The Hall–Kier alpha value is -1.06. The minimum atomic E-state index is 0.143. The molecule has 0 radical (unpaired) electrons. The highest BCUT2D eigenvalue weighted by Crippen LogP contribution is 2.20. The highest BCUT2D eigenvalue weighted by molar-refractivity contribution is 5.36. The van der Waals surface area contributed by atoms with Crippen LogP contribution in [0, 0.1) is 12.8 Å². The van der Waals surface area contributed by atoms with Crippen LogP contribution in [0.2, 0.25) is 0 Å². The molecule has 84 valence electrons. The van der Waals surface area contributed by atoms with Crippen molar-refractivity contribution in [2.75, 3.05) is 13.2 Å². The molecular formula is C12H19NO2. The third kappa shape index (κ3) is 3.53. The molecule has 0 amide bonds. The van der Waals surface area contributed by atoms with Gasteiger partial charge in [-0.15, -0.1) is 0 Å². The van der Waals surface area contributed by atoms with E-state index in [0.29, 0.717) is 13.2 Å². The Morgan fingerprint density at radius 1 is 1.47 bits per heavy atom. The van der Waals surface area contributed by atoms with Gasteiger partial charge in [-0.1, -0.05) is 24.6 Å². The van der Waals surface area contributed by atoms with E-state index in [1.807, 2.05) is 32.0 Å². The van der Waals surface area contributed by atoms with Gasteiger partial charge in [-0.2, -0.15) is 0 Å². The summed E-state index contributed by atoms with van der Waals surface area (Å²) < 4.78 is 5.60. The van der Waals surface area contributed by atoms with E-state index in [0.717, 1.165) is 11.3 Å². The summed E-state index contributed by atoms with van der Waals surface area (Å²) in [6, 6.07) is 5.96. The van der Waals surface area contributed by atoms with Crippen LogP contribution in [-0.2, 0) is 6.54 Å². The normalized spacial score (nSPS) is 12.5. The first-order valence-corrected chi connectivity index (χ1v) is 5.20. The van der Waals surface area contributed by atoms with Crippen molar-refractivity contribution >= 4 is 0 Å². The maximum absolute atomic E-state index is 8.88. The molecule has 0 fully saturated rings. The zero-order valence-corrected chi connectivity index (χ0v) is 9.36. The average Bonchev–Trinajstić information content (AvgIpc) is 2.26. The number of benzene rings is 1. The van der Waals surface area contributed by atoms with E-state index in [1.165, 1.54) is 5.56 Å². The lowest BCUT2D eigenvalue weighted by molar-refractivity contribution is 0.173. The molecule has 0 saturated carbocycles. The first-order valence-electron chi connectivity index (χ1n) is 5.20. The molecule has 1 atom stereocenters. The molecule has 0 aliphatic heterocycles. The summed E-state index contributed by atoms with van der Waals surface area (Å²) in [6.07, 6.45) is 0.